The molecule has 0 aromatic heterocycles. The second kappa shape index (κ2) is 7.62. The van der Waals surface area contributed by atoms with Gasteiger partial charge >= 0.3 is 6.03 Å². The number of rotatable bonds is 3. The average Bonchev–Trinajstić information content (AvgIpc) is 3.21. The fraction of sp³-hybridized carbons (Fsp3) is 0.556. The van der Waals surface area contributed by atoms with Crippen molar-refractivity contribution in [3.8, 4) is 0 Å². The van der Waals surface area contributed by atoms with Crippen LogP contribution in [0.5, 0.6) is 0 Å². The second-order valence-corrected chi connectivity index (χ2v) is 7.03. The second-order valence-electron chi connectivity index (χ2n) is 7.03. The molecular weight excluding hydrogens is 340 g/mol. The van der Waals surface area contributed by atoms with Crippen molar-refractivity contribution >= 4 is 35.7 Å². The zero-order chi connectivity index (χ0) is 16.5. The van der Waals surface area contributed by atoms with E-state index in [0.29, 0.717) is 25.0 Å². The Hall–Kier alpha value is -1.79. The third-order valence-electron chi connectivity index (χ3n) is 5.48. The van der Waals surface area contributed by atoms with Crippen molar-refractivity contribution in [3.05, 3.63) is 24.3 Å². The molecule has 2 heterocycles. The molecule has 25 heavy (non-hydrogen) atoms. The van der Waals surface area contributed by atoms with E-state index in [-0.39, 0.29) is 30.4 Å². The molecular formula is C18H25ClN4O2. The summed E-state index contributed by atoms with van der Waals surface area (Å²) in [6, 6.07) is 7.85. The van der Waals surface area contributed by atoms with Gasteiger partial charge in [-0.3, -0.25) is 9.69 Å². The predicted molar refractivity (Wildman–Crippen MR) is 100 cm³/mol. The Bertz CT molecular complexity index is 622. The topological polar surface area (TPSA) is 73.5 Å². The standard InChI is InChI=1S/C18H24N4O2.ClH/c23-17(16-11-12-3-1-2-4-15(12)21-16)20-13-5-7-14(8-6-13)22-10-9-19-18(22)24;/h5-8,12,15-16,21H,1-4,9-11H2,(H,19,24)(H,20,23);1H. The fourth-order valence-corrected chi connectivity index (χ4v) is 4.19. The Morgan fingerprint density at radius 1 is 1.16 bits per heavy atom. The van der Waals surface area contributed by atoms with Crippen LogP contribution in [0.25, 0.3) is 0 Å². The molecule has 1 saturated carbocycles. The van der Waals surface area contributed by atoms with Crippen LogP contribution in [0.2, 0.25) is 0 Å². The van der Waals surface area contributed by atoms with Gasteiger partial charge in [-0.1, -0.05) is 12.8 Å². The van der Waals surface area contributed by atoms with E-state index in [4.69, 9.17) is 0 Å². The molecule has 1 aromatic carbocycles. The van der Waals surface area contributed by atoms with Crippen LogP contribution >= 0.6 is 12.4 Å². The number of fused-ring (bicyclic) bond motifs is 1. The lowest BCUT2D eigenvalue weighted by Gasteiger charge is -2.24. The summed E-state index contributed by atoms with van der Waals surface area (Å²) in [5.41, 5.74) is 1.63. The molecule has 4 rings (SSSR count). The van der Waals surface area contributed by atoms with Crippen molar-refractivity contribution < 1.29 is 9.59 Å². The number of nitrogens with one attached hydrogen (secondary N) is 3. The first kappa shape index (κ1) is 18.0. The van der Waals surface area contributed by atoms with Gasteiger partial charge in [-0.2, -0.15) is 0 Å². The van der Waals surface area contributed by atoms with Crippen molar-refractivity contribution in [2.45, 2.75) is 44.2 Å². The van der Waals surface area contributed by atoms with Crippen molar-refractivity contribution in [2.24, 2.45) is 5.92 Å². The van der Waals surface area contributed by atoms with Gasteiger partial charge in [-0.05, 0) is 49.4 Å². The quantitative estimate of drug-likeness (QED) is 0.771. The third-order valence-corrected chi connectivity index (χ3v) is 5.48. The molecule has 2 aliphatic heterocycles. The normalized spacial score (nSPS) is 28.1. The third kappa shape index (κ3) is 3.75. The Labute approximate surface area is 154 Å². The van der Waals surface area contributed by atoms with Gasteiger partial charge in [0, 0.05) is 30.5 Å². The molecule has 7 heteroatoms. The summed E-state index contributed by atoms with van der Waals surface area (Å²) in [6.07, 6.45) is 5.95. The maximum atomic E-state index is 12.5. The maximum absolute atomic E-state index is 12.5. The predicted octanol–water partition coefficient (Wildman–Crippen LogP) is 2.50. The number of urea groups is 1. The van der Waals surface area contributed by atoms with Crippen LogP contribution in [0.4, 0.5) is 16.2 Å². The molecule has 0 bridgehead atoms. The lowest BCUT2D eigenvalue weighted by Crippen LogP contribution is -2.39. The van der Waals surface area contributed by atoms with Gasteiger partial charge in [-0.25, -0.2) is 4.79 Å². The van der Waals surface area contributed by atoms with Crippen LogP contribution in [-0.2, 0) is 4.79 Å². The van der Waals surface area contributed by atoms with Gasteiger partial charge in [0.2, 0.25) is 5.91 Å². The first-order chi connectivity index (χ1) is 11.7. The lowest BCUT2D eigenvalue weighted by atomic mass is 9.85. The number of nitrogens with zero attached hydrogens (tertiary/aromatic N) is 1. The number of anilines is 2. The largest absolute Gasteiger partial charge is 0.336 e. The van der Waals surface area contributed by atoms with E-state index < -0.39 is 0 Å². The zero-order valence-corrected chi connectivity index (χ0v) is 15.0. The van der Waals surface area contributed by atoms with Crippen molar-refractivity contribution in [2.75, 3.05) is 23.3 Å². The van der Waals surface area contributed by atoms with Gasteiger partial charge in [0.1, 0.15) is 0 Å². The minimum Gasteiger partial charge on any atom is -0.336 e. The zero-order valence-electron chi connectivity index (χ0n) is 14.2. The molecule has 3 atom stereocenters. The van der Waals surface area contributed by atoms with Gasteiger partial charge in [0.25, 0.3) is 0 Å². The molecule has 3 N–H and O–H groups in total. The highest BCUT2D eigenvalue weighted by atomic mass is 35.5. The molecule has 3 aliphatic rings. The molecule has 1 aliphatic carbocycles. The summed E-state index contributed by atoms with van der Waals surface area (Å²) in [5.74, 6) is 0.710. The van der Waals surface area contributed by atoms with Gasteiger partial charge in [-0.15, -0.1) is 12.4 Å². The minimum absolute atomic E-state index is 0. The lowest BCUT2D eigenvalue weighted by molar-refractivity contribution is -0.117. The molecule has 3 amide bonds. The summed E-state index contributed by atoms with van der Waals surface area (Å²) >= 11 is 0. The Balaban J connectivity index is 0.00000182. The molecule has 6 nitrogen and oxygen atoms in total. The number of hydrogen-bond acceptors (Lipinski definition) is 3. The number of benzene rings is 1. The number of amides is 3. The van der Waals surface area contributed by atoms with Gasteiger partial charge in [0.05, 0.1) is 6.04 Å². The van der Waals surface area contributed by atoms with E-state index in [1.165, 1.54) is 25.7 Å². The van der Waals surface area contributed by atoms with Crippen molar-refractivity contribution in [1.29, 1.82) is 0 Å². The SMILES string of the molecule is Cl.O=C(Nc1ccc(N2CCNC2=O)cc1)C1CC2CCCCC2N1. The van der Waals surface area contributed by atoms with E-state index in [0.717, 1.165) is 17.8 Å². The van der Waals surface area contributed by atoms with Crippen molar-refractivity contribution in [1.82, 2.24) is 10.6 Å². The number of carbonyl (C=O) groups excluding carboxylic acids is 2. The molecule has 0 radical (unpaired) electrons. The van der Waals surface area contributed by atoms with Crippen molar-refractivity contribution in [3.63, 3.8) is 0 Å². The monoisotopic (exact) mass is 364 g/mol. The highest BCUT2D eigenvalue weighted by Crippen LogP contribution is 2.33. The molecule has 136 valence electrons. The van der Waals surface area contributed by atoms with Gasteiger partial charge in [0.15, 0.2) is 0 Å². The minimum atomic E-state index is -0.0814. The van der Waals surface area contributed by atoms with E-state index in [9.17, 15) is 9.59 Å². The summed E-state index contributed by atoms with van der Waals surface area (Å²) in [6.45, 7) is 1.35. The molecule has 1 aromatic rings. The van der Waals surface area contributed by atoms with Crippen LogP contribution in [0.15, 0.2) is 24.3 Å². The van der Waals surface area contributed by atoms with Gasteiger partial charge < -0.3 is 16.0 Å². The highest BCUT2D eigenvalue weighted by molar-refractivity contribution is 5.96. The first-order valence-corrected chi connectivity index (χ1v) is 8.93. The van der Waals surface area contributed by atoms with Crippen LogP contribution in [0, 0.1) is 5.92 Å². The van der Waals surface area contributed by atoms with Crippen LogP contribution in [0.3, 0.4) is 0 Å². The summed E-state index contributed by atoms with van der Waals surface area (Å²) in [5, 5.41) is 9.29. The number of carbonyl (C=O) groups is 2. The first-order valence-electron chi connectivity index (χ1n) is 8.93. The van der Waals surface area contributed by atoms with Crippen LogP contribution in [0.1, 0.15) is 32.1 Å². The molecule has 0 spiro atoms. The van der Waals surface area contributed by atoms with Crippen LogP contribution in [-0.4, -0.2) is 37.1 Å². The fourth-order valence-electron chi connectivity index (χ4n) is 4.19. The highest BCUT2D eigenvalue weighted by Gasteiger charge is 2.38. The molecule has 3 fully saturated rings. The number of hydrogen-bond donors (Lipinski definition) is 3. The Morgan fingerprint density at radius 2 is 1.92 bits per heavy atom. The van der Waals surface area contributed by atoms with E-state index >= 15 is 0 Å². The smallest absolute Gasteiger partial charge is 0.321 e. The molecule has 2 saturated heterocycles. The Kier molecular flexibility index (Phi) is 5.49. The maximum Gasteiger partial charge on any atom is 0.321 e. The molecule has 3 unspecified atom stereocenters. The summed E-state index contributed by atoms with van der Waals surface area (Å²) < 4.78 is 0. The van der Waals surface area contributed by atoms with E-state index in [2.05, 4.69) is 16.0 Å². The summed E-state index contributed by atoms with van der Waals surface area (Å²) in [7, 11) is 0. The average molecular weight is 365 g/mol. The Morgan fingerprint density at radius 3 is 2.60 bits per heavy atom. The summed E-state index contributed by atoms with van der Waals surface area (Å²) in [4.78, 5) is 25.9. The van der Waals surface area contributed by atoms with Crippen LogP contribution < -0.4 is 20.9 Å². The number of halogens is 1. The van der Waals surface area contributed by atoms with E-state index in [1.54, 1.807) is 4.90 Å². The van der Waals surface area contributed by atoms with E-state index in [1.807, 2.05) is 24.3 Å².